The summed E-state index contributed by atoms with van der Waals surface area (Å²) in [5.74, 6) is 0. The molecule has 1 heterocycles. The first-order valence-electron chi connectivity index (χ1n) is 17.9. The molecule has 5 heteroatoms. The molecule has 0 radical (unpaired) electrons. The lowest BCUT2D eigenvalue weighted by atomic mass is 9.96. The van der Waals surface area contributed by atoms with Crippen LogP contribution in [0.15, 0.2) is 53.5 Å². The molecule has 1 aliphatic heterocycles. The van der Waals surface area contributed by atoms with Gasteiger partial charge in [0.05, 0.1) is 11.2 Å². The minimum Gasteiger partial charge on any atom is -0.280 e. The summed E-state index contributed by atoms with van der Waals surface area (Å²) in [5, 5.41) is 8.26. The minimum atomic E-state index is -0.683. The Bertz CT molecular complexity index is 1700. The van der Waals surface area contributed by atoms with Gasteiger partial charge in [-0.05, 0) is 176 Å². The van der Waals surface area contributed by atoms with Crippen LogP contribution in [0, 0.1) is 83.1 Å². The lowest BCUT2D eigenvalue weighted by molar-refractivity contribution is 0.444. The molecule has 0 spiro atoms. The third-order valence-corrected chi connectivity index (χ3v) is 34.7. The first kappa shape index (κ1) is 36.1. The van der Waals surface area contributed by atoms with E-state index in [0.717, 1.165) is 0 Å². The molecule has 2 aliphatic rings. The van der Waals surface area contributed by atoms with E-state index in [0.29, 0.717) is 6.04 Å². The van der Waals surface area contributed by atoms with Crippen molar-refractivity contribution in [3.63, 3.8) is 0 Å². The van der Waals surface area contributed by atoms with Crippen LogP contribution in [-0.4, -0.2) is 11.2 Å². The number of rotatable bonds is 5. The lowest BCUT2D eigenvalue weighted by Gasteiger charge is -2.33. The molecular weight excluding hydrogens is 654 g/mol. The molecule has 4 unspecified atom stereocenters. The fourth-order valence-corrected chi connectivity index (χ4v) is 44.6. The summed E-state index contributed by atoms with van der Waals surface area (Å²) in [6.07, 6.45) is 6.49. The first-order chi connectivity index (χ1) is 22.8. The van der Waals surface area contributed by atoms with Crippen LogP contribution in [0.1, 0.15) is 98.9 Å². The van der Waals surface area contributed by atoms with Crippen LogP contribution < -0.4 is 21.2 Å². The summed E-state index contributed by atoms with van der Waals surface area (Å²) >= 11 is 0. The van der Waals surface area contributed by atoms with Gasteiger partial charge in [-0.1, -0.05) is 90.0 Å². The van der Waals surface area contributed by atoms with Crippen LogP contribution in [0.2, 0.25) is 0 Å². The van der Waals surface area contributed by atoms with Crippen molar-refractivity contribution in [1.29, 1.82) is 0 Å². The molecule has 48 heavy (non-hydrogen) atoms. The molecular formula is C43H55NP4. The van der Waals surface area contributed by atoms with Gasteiger partial charge in [0.15, 0.2) is 0 Å². The van der Waals surface area contributed by atoms with Crippen LogP contribution in [0.3, 0.4) is 0 Å². The zero-order chi connectivity index (χ0) is 34.6. The van der Waals surface area contributed by atoms with E-state index >= 15 is 0 Å². The molecule has 1 saturated heterocycles. The van der Waals surface area contributed by atoms with Crippen molar-refractivity contribution < 1.29 is 0 Å². The lowest BCUT2D eigenvalue weighted by Crippen LogP contribution is -2.19. The highest BCUT2D eigenvalue weighted by Gasteiger charge is 2.53. The predicted octanol–water partition coefficient (Wildman–Crippen LogP) is 12.4. The number of benzene rings is 4. The average molecular weight is 710 g/mol. The van der Waals surface area contributed by atoms with Gasteiger partial charge in [-0.25, -0.2) is 0 Å². The van der Waals surface area contributed by atoms with E-state index in [-0.39, 0.29) is 0 Å². The summed E-state index contributed by atoms with van der Waals surface area (Å²) in [7, 11) is -2.55. The SMILES string of the molecule is Cc1cc(C)c(P2C(=NC3CCCCC3)P(c3c(C)cc(C)cc3C)P(c3c(C)cc(C)cc3C)P2c2c(C)cc(C)cc2C)c(C)c1. The van der Waals surface area contributed by atoms with Gasteiger partial charge >= 0.3 is 0 Å². The van der Waals surface area contributed by atoms with Gasteiger partial charge in [0.1, 0.15) is 0 Å². The molecule has 1 aliphatic carbocycles. The van der Waals surface area contributed by atoms with Gasteiger partial charge in [-0.2, -0.15) is 0 Å². The number of hydrogen-bond donors (Lipinski definition) is 0. The third kappa shape index (κ3) is 6.82. The topological polar surface area (TPSA) is 12.4 Å². The van der Waals surface area contributed by atoms with Crippen LogP contribution in [0.5, 0.6) is 0 Å². The van der Waals surface area contributed by atoms with Crippen molar-refractivity contribution in [2.75, 3.05) is 0 Å². The number of hydrogen-bond acceptors (Lipinski definition) is 1. The van der Waals surface area contributed by atoms with Gasteiger partial charge < -0.3 is 0 Å². The maximum absolute atomic E-state index is 6.17. The second-order valence-electron chi connectivity index (χ2n) is 14.9. The van der Waals surface area contributed by atoms with Crippen molar-refractivity contribution >= 4 is 56.2 Å². The summed E-state index contributed by atoms with van der Waals surface area (Å²) < 4.78 is 0. The number of nitrogens with zero attached hydrogens (tertiary/aromatic N) is 1. The second kappa shape index (κ2) is 14.5. The number of aliphatic imine (C=N–C) groups is 1. The van der Waals surface area contributed by atoms with E-state index in [1.165, 1.54) is 98.9 Å². The summed E-state index contributed by atoms with van der Waals surface area (Å²) in [6.45, 7) is 28.4. The summed E-state index contributed by atoms with van der Waals surface area (Å²) in [6, 6.07) is 20.3. The highest BCUT2D eigenvalue weighted by molar-refractivity contribution is 8.93. The molecule has 4 aromatic rings. The standard InChI is InChI=1S/C43H55NP4/c1-26-18-30(5)39(31(6)19-26)45-43(44-38-16-14-13-15-17-38)46(40-32(7)20-27(2)21-33(40)8)48(42-36(11)24-29(4)25-37(42)12)47(45)41-34(9)22-28(3)23-35(41)10/h18-25,38H,13-17H2,1-12H3. The monoisotopic (exact) mass is 709 g/mol. The zero-order valence-electron chi connectivity index (χ0n) is 31.5. The van der Waals surface area contributed by atoms with Crippen molar-refractivity contribution in [3.05, 3.63) is 115 Å². The molecule has 0 aromatic heterocycles. The highest BCUT2D eigenvalue weighted by atomic mass is 32.7. The van der Waals surface area contributed by atoms with Gasteiger partial charge in [0.25, 0.3) is 0 Å². The van der Waals surface area contributed by atoms with Crippen molar-refractivity contribution in [2.24, 2.45) is 4.99 Å². The fourth-order valence-electron chi connectivity index (χ4n) is 8.68. The minimum absolute atomic E-state index is 0.452. The average Bonchev–Trinajstić information content (AvgIpc) is 3.24. The van der Waals surface area contributed by atoms with E-state index in [1.807, 2.05) is 0 Å². The normalized spacial score (nSPS) is 21.6. The molecule has 252 valence electrons. The Morgan fingerprint density at radius 3 is 0.958 bits per heavy atom. The molecule has 0 amide bonds. The molecule has 1 nitrogen and oxygen atoms in total. The zero-order valence-corrected chi connectivity index (χ0v) is 35.0. The molecule has 4 aromatic carbocycles. The van der Waals surface area contributed by atoms with Gasteiger partial charge in [0.2, 0.25) is 0 Å². The van der Waals surface area contributed by atoms with Crippen molar-refractivity contribution in [3.8, 4) is 0 Å². The molecule has 4 atom stereocenters. The molecule has 0 bridgehead atoms. The Kier molecular flexibility index (Phi) is 10.9. The van der Waals surface area contributed by atoms with E-state index < -0.39 is 29.8 Å². The van der Waals surface area contributed by atoms with Crippen LogP contribution in [0.25, 0.3) is 0 Å². The van der Waals surface area contributed by atoms with Crippen LogP contribution >= 0.6 is 29.8 Å². The second-order valence-corrected chi connectivity index (χ2v) is 29.4. The smallest absolute Gasteiger partial charge is 0.0770 e. The quantitative estimate of drug-likeness (QED) is 0.183. The van der Waals surface area contributed by atoms with E-state index in [4.69, 9.17) is 4.99 Å². The van der Waals surface area contributed by atoms with Crippen LogP contribution in [-0.2, 0) is 0 Å². The summed E-state index contributed by atoms with van der Waals surface area (Å²) in [5.41, 5.74) is 17.4. The van der Waals surface area contributed by atoms with E-state index in [2.05, 4.69) is 132 Å². The Labute approximate surface area is 296 Å². The fraction of sp³-hybridized carbons (Fsp3) is 0.419. The van der Waals surface area contributed by atoms with Gasteiger partial charge in [-0.15, -0.1) is 0 Å². The number of aryl methyl sites for hydroxylation is 12. The Morgan fingerprint density at radius 2 is 0.667 bits per heavy atom. The largest absolute Gasteiger partial charge is 0.280 e. The Hall–Kier alpha value is -1.73. The van der Waals surface area contributed by atoms with Crippen molar-refractivity contribution in [1.82, 2.24) is 0 Å². The Balaban J connectivity index is 1.81. The van der Waals surface area contributed by atoms with Crippen molar-refractivity contribution in [2.45, 2.75) is 121 Å². The van der Waals surface area contributed by atoms with E-state index in [9.17, 15) is 0 Å². The Morgan fingerprint density at radius 1 is 0.396 bits per heavy atom. The maximum Gasteiger partial charge on any atom is 0.0770 e. The molecule has 0 N–H and O–H groups in total. The molecule has 1 saturated carbocycles. The molecule has 2 fully saturated rings. The maximum atomic E-state index is 6.17. The van der Waals surface area contributed by atoms with Crippen LogP contribution in [0.4, 0.5) is 0 Å². The van der Waals surface area contributed by atoms with Gasteiger partial charge in [0, 0.05) is 15.2 Å². The molecule has 6 rings (SSSR count). The first-order valence-corrected chi connectivity index (χ1v) is 25.3. The van der Waals surface area contributed by atoms with E-state index in [1.54, 1.807) is 26.4 Å². The predicted molar refractivity (Wildman–Crippen MR) is 223 cm³/mol. The van der Waals surface area contributed by atoms with Gasteiger partial charge in [-0.3, -0.25) is 4.99 Å². The highest BCUT2D eigenvalue weighted by Crippen LogP contribution is 3.04. The summed E-state index contributed by atoms with van der Waals surface area (Å²) in [4.78, 5) is 6.17. The third-order valence-electron chi connectivity index (χ3n) is 10.2.